The summed E-state index contributed by atoms with van der Waals surface area (Å²) in [6.07, 6.45) is 0. The fraction of sp³-hybridized carbons (Fsp3) is 0.150. The van der Waals surface area contributed by atoms with Crippen LogP contribution in [0.15, 0.2) is 71.6 Å². The van der Waals surface area contributed by atoms with Crippen molar-refractivity contribution in [1.82, 2.24) is 14.9 Å². The Kier molecular flexibility index (Phi) is 6.13. The summed E-state index contributed by atoms with van der Waals surface area (Å²) in [6.45, 7) is 1.59. The van der Waals surface area contributed by atoms with Gasteiger partial charge in [0.1, 0.15) is 6.61 Å². The average Bonchev–Trinajstić information content (AvgIpc) is 2.72. The highest BCUT2D eigenvalue weighted by Gasteiger charge is 2.14. The molecule has 3 aromatic rings. The summed E-state index contributed by atoms with van der Waals surface area (Å²) in [5.41, 5.74) is 2.13. The van der Waals surface area contributed by atoms with Gasteiger partial charge < -0.3 is 4.74 Å². The van der Waals surface area contributed by atoms with E-state index in [0.29, 0.717) is 11.4 Å². The third kappa shape index (κ3) is 4.99. The second-order valence-corrected chi connectivity index (χ2v) is 7.72. The summed E-state index contributed by atoms with van der Waals surface area (Å²) in [6, 6.07) is 18.9. The van der Waals surface area contributed by atoms with E-state index in [9.17, 15) is 13.2 Å². The molecule has 144 valence electrons. The lowest BCUT2D eigenvalue weighted by Gasteiger charge is -2.08. The second-order valence-electron chi connectivity index (χ2n) is 5.95. The van der Waals surface area contributed by atoms with Crippen LogP contribution >= 0.6 is 0 Å². The van der Waals surface area contributed by atoms with Crippen molar-refractivity contribution in [3.05, 3.63) is 72.3 Å². The zero-order valence-electron chi connectivity index (χ0n) is 15.2. The molecule has 0 aliphatic heterocycles. The molecular weight excluding hydrogens is 378 g/mol. The Morgan fingerprint density at radius 1 is 0.964 bits per heavy atom. The molecule has 0 bridgehead atoms. The molecule has 8 heteroatoms. The Morgan fingerprint density at radius 2 is 1.68 bits per heavy atom. The minimum absolute atomic E-state index is 0.0684. The Labute approximate surface area is 163 Å². The summed E-state index contributed by atoms with van der Waals surface area (Å²) in [4.78, 5) is 11.3. The largest absolute Gasteiger partial charge is 0.475 e. The van der Waals surface area contributed by atoms with Crippen LogP contribution in [0, 0.1) is 0 Å². The quantitative estimate of drug-likeness (QED) is 0.464. The molecule has 7 nitrogen and oxygen atoms in total. The normalized spacial score (nSPS) is 11.2. The molecule has 0 fully saturated rings. The van der Waals surface area contributed by atoms with E-state index in [1.807, 2.05) is 30.3 Å². The SMILES string of the molecule is CC(=O)c1ccc(S(=O)(=O)NCCOc2ccc(-c3ccccc3)nn2)cc1. The number of carbonyl (C=O) groups is 1. The molecule has 0 aliphatic carbocycles. The van der Waals surface area contributed by atoms with E-state index in [-0.39, 0.29) is 23.8 Å². The fourth-order valence-electron chi connectivity index (χ4n) is 2.44. The van der Waals surface area contributed by atoms with E-state index < -0.39 is 10.0 Å². The van der Waals surface area contributed by atoms with Crippen molar-refractivity contribution in [3.8, 4) is 17.1 Å². The van der Waals surface area contributed by atoms with Gasteiger partial charge in [-0.3, -0.25) is 4.79 Å². The maximum absolute atomic E-state index is 12.2. The zero-order valence-corrected chi connectivity index (χ0v) is 16.0. The summed E-state index contributed by atoms with van der Waals surface area (Å²) in [5.74, 6) is 0.189. The molecule has 0 radical (unpaired) electrons. The lowest BCUT2D eigenvalue weighted by Crippen LogP contribution is -2.28. The molecule has 0 spiro atoms. The minimum Gasteiger partial charge on any atom is -0.475 e. The number of sulfonamides is 1. The molecular formula is C20H19N3O4S. The maximum Gasteiger partial charge on any atom is 0.240 e. The first-order chi connectivity index (χ1) is 13.5. The van der Waals surface area contributed by atoms with Gasteiger partial charge in [-0.25, -0.2) is 13.1 Å². The molecule has 1 heterocycles. The fourth-order valence-corrected chi connectivity index (χ4v) is 3.46. The van der Waals surface area contributed by atoms with Gasteiger partial charge in [0.2, 0.25) is 15.9 Å². The van der Waals surface area contributed by atoms with Crippen molar-refractivity contribution in [2.75, 3.05) is 13.2 Å². The zero-order chi connectivity index (χ0) is 20.0. The van der Waals surface area contributed by atoms with Crippen molar-refractivity contribution < 1.29 is 17.9 Å². The standard InChI is InChI=1S/C20H19N3O4S/c1-15(24)16-7-9-18(10-8-16)28(25,26)21-13-14-27-20-12-11-19(22-23-20)17-5-3-2-4-6-17/h2-12,21H,13-14H2,1H3. The van der Waals surface area contributed by atoms with Crippen LogP contribution in [0.2, 0.25) is 0 Å². The Balaban J connectivity index is 1.51. The molecule has 2 aromatic carbocycles. The Hall–Kier alpha value is -3.10. The van der Waals surface area contributed by atoms with Gasteiger partial charge in [-0.1, -0.05) is 42.5 Å². The number of carbonyl (C=O) groups excluding carboxylic acids is 1. The number of nitrogens with one attached hydrogen (secondary N) is 1. The third-order valence-corrected chi connectivity index (χ3v) is 5.40. The van der Waals surface area contributed by atoms with Crippen LogP contribution < -0.4 is 9.46 Å². The van der Waals surface area contributed by atoms with Crippen molar-refractivity contribution in [1.29, 1.82) is 0 Å². The van der Waals surface area contributed by atoms with Crippen LogP contribution in [0.3, 0.4) is 0 Å². The second kappa shape index (κ2) is 8.73. The molecule has 0 saturated carbocycles. The van der Waals surface area contributed by atoms with Crippen LogP contribution in [-0.4, -0.2) is 37.6 Å². The molecule has 1 N–H and O–H groups in total. The number of nitrogens with zero attached hydrogens (tertiary/aromatic N) is 2. The molecule has 28 heavy (non-hydrogen) atoms. The summed E-state index contributed by atoms with van der Waals surface area (Å²) in [5, 5.41) is 8.10. The number of aromatic nitrogens is 2. The predicted molar refractivity (Wildman–Crippen MR) is 105 cm³/mol. The lowest BCUT2D eigenvalue weighted by molar-refractivity contribution is 0.101. The first-order valence-corrected chi connectivity index (χ1v) is 10.1. The number of hydrogen-bond acceptors (Lipinski definition) is 6. The number of ether oxygens (including phenoxy) is 1. The molecule has 0 aliphatic rings. The number of rotatable bonds is 8. The molecule has 0 atom stereocenters. The van der Waals surface area contributed by atoms with Crippen molar-refractivity contribution in [2.24, 2.45) is 0 Å². The minimum atomic E-state index is -3.68. The van der Waals surface area contributed by atoms with Gasteiger partial charge in [0.05, 0.1) is 10.6 Å². The van der Waals surface area contributed by atoms with Crippen LogP contribution in [-0.2, 0) is 10.0 Å². The van der Waals surface area contributed by atoms with Crippen molar-refractivity contribution >= 4 is 15.8 Å². The van der Waals surface area contributed by atoms with E-state index in [1.54, 1.807) is 12.1 Å². The van der Waals surface area contributed by atoms with Gasteiger partial charge in [-0.05, 0) is 25.1 Å². The molecule has 0 unspecified atom stereocenters. The summed E-state index contributed by atoms with van der Waals surface area (Å²) >= 11 is 0. The molecule has 0 saturated heterocycles. The first-order valence-electron chi connectivity index (χ1n) is 8.58. The third-order valence-electron chi connectivity index (χ3n) is 3.92. The van der Waals surface area contributed by atoms with E-state index in [1.165, 1.54) is 31.2 Å². The van der Waals surface area contributed by atoms with Gasteiger partial charge in [-0.2, -0.15) is 0 Å². The van der Waals surface area contributed by atoms with Gasteiger partial charge in [0.15, 0.2) is 5.78 Å². The Morgan fingerprint density at radius 3 is 2.29 bits per heavy atom. The van der Waals surface area contributed by atoms with E-state index in [0.717, 1.165) is 11.3 Å². The number of ketones is 1. The number of Topliss-reactive ketones (excluding diaryl/α,β-unsaturated/α-hetero) is 1. The van der Waals surface area contributed by atoms with E-state index >= 15 is 0 Å². The topological polar surface area (TPSA) is 98.2 Å². The van der Waals surface area contributed by atoms with Crippen LogP contribution in [0.1, 0.15) is 17.3 Å². The van der Waals surface area contributed by atoms with Crippen LogP contribution in [0.5, 0.6) is 5.88 Å². The summed E-state index contributed by atoms with van der Waals surface area (Å²) in [7, 11) is -3.68. The van der Waals surface area contributed by atoms with Crippen LogP contribution in [0.4, 0.5) is 0 Å². The lowest BCUT2D eigenvalue weighted by atomic mass is 10.1. The highest BCUT2D eigenvalue weighted by molar-refractivity contribution is 7.89. The van der Waals surface area contributed by atoms with E-state index in [2.05, 4.69) is 14.9 Å². The van der Waals surface area contributed by atoms with Gasteiger partial charge >= 0.3 is 0 Å². The predicted octanol–water partition coefficient (Wildman–Crippen LogP) is 2.70. The van der Waals surface area contributed by atoms with E-state index in [4.69, 9.17) is 4.74 Å². The highest BCUT2D eigenvalue weighted by Crippen LogP contribution is 2.17. The van der Waals surface area contributed by atoms with Crippen molar-refractivity contribution in [3.63, 3.8) is 0 Å². The molecule has 1 aromatic heterocycles. The number of benzene rings is 2. The average molecular weight is 397 g/mol. The Bertz CT molecular complexity index is 1040. The van der Waals surface area contributed by atoms with Crippen molar-refractivity contribution in [2.45, 2.75) is 11.8 Å². The molecule has 3 rings (SSSR count). The molecule has 0 amide bonds. The van der Waals surface area contributed by atoms with Gasteiger partial charge in [0.25, 0.3) is 0 Å². The smallest absolute Gasteiger partial charge is 0.240 e. The highest BCUT2D eigenvalue weighted by atomic mass is 32.2. The van der Waals surface area contributed by atoms with Crippen LogP contribution in [0.25, 0.3) is 11.3 Å². The van der Waals surface area contributed by atoms with Gasteiger partial charge in [-0.15, -0.1) is 10.2 Å². The number of hydrogen-bond donors (Lipinski definition) is 1. The van der Waals surface area contributed by atoms with Gasteiger partial charge in [0, 0.05) is 23.7 Å². The summed E-state index contributed by atoms with van der Waals surface area (Å²) < 4.78 is 32.4. The monoisotopic (exact) mass is 397 g/mol. The first kappa shape index (κ1) is 19.7. The maximum atomic E-state index is 12.2.